The van der Waals surface area contributed by atoms with Crippen LogP contribution in [0.4, 0.5) is 0 Å². The molecule has 5 nitrogen and oxygen atoms in total. The lowest BCUT2D eigenvalue weighted by molar-refractivity contribution is -0.136. The maximum atomic E-state index is 11.7. The molecular formula is C10H20N2O3. The van der Waals surface area contributed by atoms with Crippen molar-refractivity contribution >= 4 is 5.91 Å². The van der Waals surface area contributed by atoms with E-state index < -0.39 is 6.29 Å². The Kier molecular flexibility index (Phi) is 5.01. The van der Waals surface area contributed by atoms with Crippen molar-refractivity contribution in [2.24, 2.45) is 0 Å². The van der Waals surface area contributed by atoms with Gasteiger partial charge < -0.3 is 20.1 Å². The van der Waals surface area contributed by atoms with Gasteiger partial charge in [-0.2, -0.15) is 0 Å². The Morgan fingerprint density at radius 2 is 2.13 bits per heavy atom. The predicted octanol–water partition coefficient (Wildman–Crippen LogP) is -0.138. The zero-order valence-corrected chi connectivity index (χ0v) is 9.58. The number of ether oxygens (including phenoxy) is 2. The largest absolute Gasteiger partial charge is 0.354 e. The molecule has 2 atom stereocenters. The van der Waals surface area contributed by atoms with Crippen LogP contribution in [0.1, 0.15) is 19.8 Å². The number of rotatable bonds is 5. The van der Waals surface area contributed by atoms with Crippen molar-refractivity contribution in [2.45, 2.75) is 38.1 Å². The van der Waals surface area contributed by atoms with Crippen molar-refractivity contribution in [1.82, 2.24) is 10.6 Å². The smallest absolute Gasteiger partial charge is 0.237 e. The first-order chi connectivity index (χ1) is 7.19. The van der Waals surface area contributed by atoms with Crippen molar-refractivity contribution < 1.29 is 14.3 Å². The van der Waals surface area contributed by atoms with E-state index in [-0.39, 0.29) is 18.0 Å². The van der Waals surface area contributed by atoms with Gasteiger partial charge in [-0.05, 0) is 26.3 Å². The van der Waals surface area contributed by atoms with Gasteiger partial charge in [0.1, 0.15) is 0 Å². The fourth-order valence-corrected chi connectivity index (χ4v) is 1.81. The fourth-order valence-electron chi connectivity index (χ4n) is 1.81. The molecule has 0 aromatic heterocycles. The zero-order valence-electron chi connectivity index (χ0n) is 9.58. The van der Waals surface area contributed by atoms with E-state index in [0.717, 1.165) is 19.4 Å². The second-order valence-corrected chi connectivity index (χ2v) is 3.79. The third kappa shape index (κ3) is 3.44. The van der Waals surface area contributed by atoms with Gasteiger partial charge in [0, 0.05) is 14.2 Å². The fraction of sp³-hybridized carbons (Fsp3) is 0.900. The zero-order chi connectivity index (χ0) is 11.3. The van der Waals surface area contributed by atoms with Gasteiger partial charge >= 0.3 is 0 Å². The molecule has 0 radical (unpaired) electrons. The van der Waals surface area contributed by atoms with Crippen LogP contribution in [0.25, 0.3) is 0 Å². The first-order valence-electron chi connectivity index (χ1n) is 5.28. The Balaban J connectivity index is 2.35. The molecule has 1 aliphatic heterocycles. The van der Waals surface area contributed by atoms with Crippen molar-refractivity contribution in [3.8, 4) is 0 Å². The van der Waals surface area contributed by atoms with Crippen molar-refractivity contribution in [2.75, 3.05) is 20.8 Å². The summed E-state index contributed by atoms with van der Waals surface area (Å²) < 4.78 is 10.1. The SMILES string of the molecule is COC(OC)C(C)NC(=O)[C@@H]1CCCN1. The van der Waals surface area contributed by atoms with Crippen molar-refractivity contribution in [1.29, 1.82) is 0 Å². The van der Waals surface area contributed by atoms with E-state index in [4.69, 9.17) is 9.47 Å². The normalized spacial score (nSPS) is 23.1. The summed E-state index contributed by atoms with van der Waals surface area (Å²) in [4.78, 5) is 11.7. The van der Waals surface area contributed by atoms with Gasteiger partial charge in [0.15, 0.2) is 6.29 Å². The first kappa shape index (κ1) is 12.4. The standard InChI is InChI=1S/C10H20N2O3/c1-7(10(14-2)15-3)12-9(13)8-5-4-6-11-8/h7-8,10-11H,4-6H2,1-3H3,(H,12,13)/t7?,8-/m0/s1. The molecule has 0 aromatic rings. The number of hydrogen-bond donors (Lipinski definition) is 2. The first-order valence-corrected chi connectivity index (χ1v) is 5.28. The number of nitrogens with one attached hydrogen (secondary N) is 2. The molecule has 1 amide bonds. The van der Waals surface area contributed by atoms with E-state index in [1.54, 1.807) is 14.2 Å². The number of carbonyl (C=O) groups excluding carboxylic acids is 1. The van der Waals surface area contributed by atoms with E-state index in [2.05, 4.69) is 10.6 Å². The van der Waals surface area contributed by atoms with Gasteiger partial charge in [0.25, 0.3) is 0 Å². The van der Waals surface area contributed by atoms with Gasteiger partial charge in [-0.1, -0.05) is 0 Å². The van der Waals surface area contributed by atoms with Crippen LogP contribution in [0.3, 0.4) is 0 Å². The summed E-state index contributed by atoms with van der Waals surface area (Å²) in [5.41, 5.74) is 0. The van der Waals surface area contributed by atoms with E-state index in [0.29, 0.717) is 0 Å². The summed E-state index contributed by atoms with van der Waals surface area (Å²) in [7, 11) is 3.12. The molecular weight excluding hydrogens is 196 g/mol. The lowest BCUT2D eigenvalue weighted by Gasteiger charge is -2.23. The van der Waals surface area contributed by atoms with Crippen LogP contribution >= 0.6 is 0 Å². The third-order valence-corrected chi connectivity index (χ3v) is 2.62. The maximum Gasteiger partial charge on any atom is 0.237 e. The van der Waals surface area contributed by atoms with Crippen molar-refractivity contribution in [3.63, 3.8) is 0 Å². The van der Waals surface area contributed by atoms with Gasteiger partial charge in [0.2, 0.25) is 5.91 Å². The van der Waals surface area contributed by atoms with Gasteiger partial charge in [-0.3, -0.25) is 4.79 Å². The number of hydrogen-bond acceptors (Lipinski definition) is 4. The molecule has 0 aromatic carbocycles. The summed E-state index contributed by atoms with van der Waals surface area (Å²) in [6.07, 6.45) is 1.57. The minimum atomic E-state index is -0.393. The summed E-state index contributed by atoms with van der Waals surface area (Å²) in [6, 6.07) is -0.197. The average molecular weight is 216 g/mol. The van der Waals surface area contributed by atoms with Gasteiger partial charge in [-0.15, -0.1) is 0 Å². The molecule has 88 valence electrons. The molecule has 0 bridgehead atoms. The molecule has 1 fully saturated rings. The monoisotopic (exact) mass is 216 g/mol. The highest BCUT2D eigenvalue weighted by Crippen LogP contribution is 2.06. The highest BCUT2D eigenvalue weighted by molar-refractivity contribution is 5.82. The Hall–Kier alpha value is -0.650. The molecule has 1 rings (SSSR count). The topological polar surface area (TPSA) is 59.6 Å². The van der Waals surface area contributed by atoms with Crippen LogP contribution in [0, 0.1) is 0 Å². The van der Waals surface area contributed by atoms with Crippen LogP contribution in [-0.4, -0.2) is 45.0 Å². The minimum Gasteiger partial charge on any atom is -0.354 e. The highest BCUT2D eigenvalue weighted by Gasteiger charge is 2.25. The molecule has 1 saturated heterocycles. The number of methoxy groups -OCH3 is 2. The Morgan fingerprint density at radius 1 is 1.47 bits per heavy atom. The van der Waals surface area contributed by atoms with Crippen LogP contribution in [0.5, 0.6) is 0 Å². The molecule has 2 N–H and O–H groups in total. The van der Waals surface area contributed by atoms with Crippen LogP contribution in [-0.2, 0) is 14.3 Å². The molecule has 15 heavy (non-hydrogen) atoms. The summed E-state index contributed by atoms with van der Waals surface area (Å²) in [5.74, 6) is 0.0269. The molecule has 1 heterocycles. The molecule has 0 aliphatic carbocycles. The van der Waals surface area contributed by atoms with Gasteiger partial charge in [0.05, 0.1) is 12.1 Å². The summed E-state index contributed by atoms with van der Waals surface area (Å²) in [6.45, 7) is 2.79. The quantitative estimate of drug-likeness (QED) is 0.628. The van der Waals surface area contributed by atoms with E-state index in [9.17, 15) is 4.79 Å². The minimum absolute atomic E-state index is 0.0269. The van der Waals surface area contributed by atoms with Crippen molar-refractivity contribution in [3.05, 3.63) is 0 Å². The lowest BCUT2D eigenvalue weighted by atomic mass is 10.2. The summed E-state index contributed by atoms with van der Waals surface area (Å²) in [5, 5.41) is 6.02. The average Bonchev–Trinajstić information content (AvgIpc) is 2.72. The molecule has 5 heteroatoms. The maximum absolute atomic E-state index is 11.7. The summed E-state index contributed by atoms with van der Waals surface area (Å²) >= 11 is 0. The van der Waals surface area contributed by atoms with Gasteiger partial charge in [-0.25, -0.2) is 0 Å². The number of amides is 1. The molecule has 0 spiro atoms. The Labute approximate surface area is 90.5 Å². The Morgan fingerprint density at radius 3 is 2.60 bits per heavy atom. The van der Waals surface area contributed by atoms with Crippen LogP contribution in [0.15, 0.2) is 0 Å². The van der Waals surface area contributed by atoms with E-state index in [1.165, 1.54) is 0 Å². The Bertz CT molecular complexity index is 201. The van der Waals surface area contributed by atoms with Crippen LogP contribution < -0.4 is 10.6 Å². The molecule has 0 saturated carbocycles. The predicted molar refractivity (Wildman–Crippen MR) is 56.4 cm³/mol. The molecule has 1 unspecified atom stereocenters. The second kappa shape index (κ2) is 6.05. The highest BCUT2D eigenvalue weighted by atomic mass is 16.7. The molecule has 1 aliphatic rings. The lowest BCUT2D eigenvalue weighted by Crippen LogP contribution is -2.49. The second-order valence-electron chi connectivity index (χ2n) is 3.79. The number of carbonyl (C=O) groups is 1. The van der Waals surface area contributed by atoms with E-state index in [1.807, 2.05) is 6.92 Å². The third-order valence-electron chi connectivity index (χ3n) is 2.62. The van der Waals surface area contributed by atoms with E-state index >= 15 is 0 Å². The van der Waals surface area contributed by atoms with Crippen LogP contribution in [0.2, 0.25) is 0 Å².